The highest BCUT2D eigenvalue weighted by Crippen LogP contribution is 2.28. The van der Waals surface area contributed by atoms with Crippen LogP contribution in [0.4, 0.5) is 8.78 Å². The van der Waals surface area contributed by atoms with Gasteiger partial charge in [-0.3, -0.25) is 9.89 Å². The molecule has 0 unspecified atom stereocenters. The summed E-state index contributed by atoms with van der Waals surface area (Å²) in [7, 11) is 0. The molecule has 2 fully saturated rings. The molecule has 2 aromatic rings. The van der Waals surface area contributed by atoms with Crippen molar-refractivity contribution < 1.29 is 23.0 Å². The normalized spacial score (nSPS) is 22.6. The van der Waals surface area contributed by atoms with Crippen molar-refractivity contribution in [3.63, 3.8) is 0 Å². The van der Waals surface area contributed by atoms with Gasteiger partial charge in [0.1, 0.15) is 5.75 Å². The first kappa shape index (κ1) is 17.9. The van der Waals surface area contributed by atoms with E-state index in [1.807, 2.05) is 0 Å². The van der Waals surface area contributed by atoms with Crippen LogP contribution in [0.15, 0.2) is 30.5 Å². The van der Waals surface area contributed by atoms with Crippen LogP contribution in [0, 0.1) is 0 Å². The van der Waals surface area contributed by atoms with Gasteiger partial charge in [-0.15, -0.1) is 0 Å². The minimum absolute atomic E-state index is 0.0277. The van der Waals surface area contributed by atoms with Gasteiger partial charge in [-0.1, -0.05) is 12.1 Å². The average Bonchev–Trinajstić information content (AvgIpc) is 3.16. The molecule has 1 amide bonds. The number of hydrogen-bond donors (Lipinski definition) is 2. The molecule has 1 aromatic heterocycles. The number of H-pyrrole nitrogens is 1. The van der Waals surface area contributed by atoms with E-state index >= 15 is 0 Å². The second-order valence-corrected chi connectivity index (χ2v) is 6.57. The van der Waals surface area contributed by atoms with E-state index in [1.165, 1.54) is 18.3 Å². The number of piperidine rings is 1. The van der Waals surface area contributed by atoms with Gasteiger partial charge in [0, 0.05) is 25.2 Å². The number of hydrogen-bond acceptors (Lipinski definition) is 5. The molecule has 9 heteroatoms. The number of carbonyl (C=O) groups is 1. The summed E-state index contributed by atoms with van der Waals surface area (Å²) < 4.78 is 35.1. The number of benzene rings is 1. The molecule has 2 atom stereocenters. The van der Waals surface area contributed by atoms with Crippen LogP contribution in [0.25, 0.3) is 11.3 Å². The van der Waals surface area contributed by atoms with Crippen molar-refractivity contribution in [1.82, 2.24) is 20.4 Å². The van der Waals surface area contributed by atoms with Gasteiger partial charge < -0.3 is 19.7 Å². The molecule has 2 aliphatic rings. The predicted octanol–water partition coefficient (Wildman–Crippen LogP) is 1.88. The van der Waals surface area contributed by atoms with Crippen LogP contribution in [-0.2, 0) is 4.74 Å². The Morgan fingerprint density at radius 3 is 3.15 bits per heavy atom. The lowest BCUT2D eigenvalue weighted by Gasteiger charge is -2.41. The molecule has 0 bridgehead atoms. The number of carbonyl (C=O) groups excluding carboxylic acids is 1. The summed E-state index contributed by atoms with van der Waals surface area (Å²) in [5, 5.41) is 10.2. The quantitative estimate of drug-likeness (QED) is 0.849. The molecule has 7 nitrogen and oxygen atoms in total. The van der Waals surface area contributed by atoms with E-state index < -0.39 is 6.61 Å². The first-order valence-electron chi connectivity index (χ1n) is 8.84. The SMILES string of the molecule is O=C(c1cn[nH]c1-c1cccc(OC(F)F)c1)N1CC[C@@H]2OCCN[C@@H]2C1. The maximum absolute atomic E-state index is 13.0. The van der Waals surface area contributed by atoms with E-state index in [1.54, 1.807) is 17.0 Å². The van der Waals surface area contributed by atoms with E-state index in [4.69, 9.17) is 4.74 Å². The molecule has 0 spiro atoms. The van der Waals surface area contributed by atoms with Crippen molar-refractivity contribution in [3.8, 4) is 17.0 Å². The first-order chi connectivity index (χ1) is 13.1. The molecule has 27 heavy (non-hydrogen) atoms. The molecule has 0 radical (unpaired) electrons. The van der Waals surface area contributed by atoms with Crippen LogP contribution < -0.4 is 10.1 Å². The van der Waals surface area contributed by atoms with Crippen LogP contribution >= 0.6 is 0 Å². The average molecular weight is 378 g/mol. The van der Waals surface area contributed by atoms with Crippen molar-refractivity contribution in [2.75, 3.05) is 26.2 Å². The molecule has 0 saturated carbocycles. The molecule has 2 saturated heterocycles. The van der Waals surface area contributed by atoms with Gasteiger partial charge in [0.05, 0.1) is 36.2 Å². The molecule has 144 valence electrons. The summed E-state index contributed by atoms with van der Waals surface area (Å²) in [6, 6.07) is 6.32. The third-order valence-corrected chi connectivity index (χ3v) is 4.89. The highest BCUT2D eigenvalue weighted by atomic mass is 19.3. The number of nitrogens with one attached hydrogen (secondary N) is 2. The van der Waals surface area contributed by atoms with Crippen molar-refractivity contribution in [2.45, 2.75) is 25.2 Å². The number of aromatic amines is 1. The van der Waals surface area contributed by atoms with Crippen LogP contribution in [0.2, 0.25) is 0 Å². The minimum atomic E-state index is -2.91. The third kappa shape index (κ3) is 3.79. The summed E-state index contributed by atoms with van der Waals surface area (Å²) in [6.45, 7) is -0.284. The topological polar surface area (TPSA) is 79.5 Å². The number of ether oxygens (including phenoxy) is 2. The lowest BCUT2D eigenvalue weighted by molar-refractivity contribution is -0.0498. The van der Waals surface area contributed by atoms with E-state index in [-0.39, 0.29) is 23.8 Å². The van der Waals surface area contributed by atoms with Gasteiger partial charge in [0.25, 0.3) is 5.91 Å². The van der Waals surface area contributed by atoms with Gasteiger partial charge in [0.15, 0.2) is 0 Å². The van der Waals surface area contributed by atoms with Gasteiger partial charge >= 0.3 is 6.61 Å². The number of morpholine rings is 1. The fourth-order valence-electron chi connectivity index (χ4n) is 3.63. The molecule has 2 aliphatic heterocycles. The molecule has 4 rings (SSSR count). The highest BCUT2D eigenvalue weighted by Gasteiger charge is 2.35. The largest absolute Gasteiger partial charge is 0.435 e. The number of fused-ring (bicyclic) bond motifs is 1. The molecular weight excluding hydrogens is 358 g/mol. The maximum Gasteiger partial charge on any atom is 0.387 e. The van der Waals surface area contributed by atoms with Crippen LogP contribution in [-0.4, -0.2) is 66.0 Å². The van der Waals surface area contributed by atoms with E-state index in [0.29, 0.717) is 36.5 Å². The first-order valence-corrected chi connectivity index (χ1v) is 8.84. The Bertz CT molecular complexity index is 813. The van der Waals surface area contributed by atoms with Crippen LogP contribution in [0.1, 0.15) is 16.8 Å². The number of amides is 1. The van der Waals surface area contributed by atoms with Crippen molar-refractivity contribution in [2.24, 2.45) is 0 Å². The Morgan fingerprint density at radius 2 is 2.30 bits per heavy atom. The summed E-state index contributed by atoms with van der Waals surface area (Å²) in [4.78, 5) is 14.8. The lowest BCUT2D eigenvalue weighted by atomic mass is 9.99. The van der Waals surface area contributed by atoms with Crippen LogP contribution in [0.3, 0.4) is 0 Å². The Labute approximate surface area is 154 Å². The Balaban J connectivity index is 1.54. The Morgan fingerprint density at radius 1 is 1.41 bits per heavy atom. The molecule has 1 aromatic carbocycles. The zero-order valence-corrected chi connectivity index (χ0v) is 14.5. The number of alkyl halides is 2. The fraction of sp³-hybridized carbons (Fsp3) is 0.444. The molecule has 0 aliphatic carbocycles. The number of rotatable bonds is 4. The second kappa shape index (κ2) is 7.61. The zero-order valence-electron chi connectivity index (χ0n) is 14.5. The standard InChI is InChI=1S/C18H20F2N4O3/c19-18(20)27-12-3-1-2-11(8-12)16-13(9-22-23-16)17(25)24-6-4-15-14(10-24)21-5-7-26-15/h1-3,8-9,14-15,18,21H,4-7,10H2,(H,22,23)/t14-,15+/m1/s1. The van der Waals surface area contributed by atoms with Gasteiger partial charge in [-0.05, 0) is 18.6 Å². The predicted molar refractivity (Wildman–Crippen MR) is 92.7 cm³/mol. The second-order valence-electron chi connectivity index (χ2n) is 6.57. The third-order valence-electron chi connectivity index (χ3n) is 4.89. The monoisotopic (exact) mass is 378 g/mol. The van der Waals surface area contributed by atoms with Crippen molar-refractivity contribution in [1.29, 1.82) is 0 Å². The Kier molecular flexibility index (Phi) is 5.04. The molecule has 2 N–H and O–H groups in total. The number of likely N-dealkylation sites (tertiary alicyclic amines) is 1. The maximum atomic E-state index is 13.0. The van der Waals surface area contributed by atoms with Gasteiger partial charge in [-0.2, -0.15) is 13.9 Å². The van der Waals surface area contributed by atoms with E-state index in [2.05, 4.69) is 20.3 Å². The smallest absolute Gasteiger partial charge is 0.387 e. The fourth-order valence-corrected chi connectivity index (χ4v) is 3.63. The highest BCUT2D eigenvalue weighted by molar-refractivity contribution is 5.99. The minimum Gasteiger partial charge on any atom is -0.435 e. The Hall–Kier alpha value is -2.52. The van der Waals surface area contributed by atoms with E-state index in [0.717, 1.165) is 13.0 Å². The van der Waals surface area contributed by atoms with E-state index in [9.17, 15) is 13.6 Å². The van der Waals surface area contributed by atoms with Gasteiger partial charge in [-0.25, -0.2) is 0 Å². The summed E-state index contributed by atoms with van der Waals surface area (Å²) in [5.74, 6) is -0.121. The molecule has 3 heterocycles. The van der Waals surface area contributed by atoms with Gasteiger partial charge in [0.2, 0.25) is 0 Å². The van der Waals surface area contributed by atoms with Crippen molar-refractivity contribution >= 4 is 5.91 Å². The zero-order chi connectivity index (χ0) is 18.8. The lowest BCUT2D eigenvalue weighted by Crippen LogP contribution is -2.59. The summed E-state index contributed by atoms with van der Waals surface area (Å²) in [5.41, 5.74) is 1.44. The number of nitrogens with zero attached hydrogens (tertiary/aromatic N) is 2. The summed E-state index contributed by atoms with van der Waals surface area (Å²) >= 11 is 0. The number of aromatic nitrogens is 2. The number of halogens is 2. The van der Waals surface area contributed by atoms with Crippen molar-refractivity contribution in [3.05, 3.63) is 36.0 Å². The van der Waals surface area contributed by atoms with Crippen LogP contribution in [0.5, 0.6) is 5.75 Å². The molecular formula is C18H20F2N4O3. The summed E-state index contributed by atoms with van der Waals surface area (Å²) in [6.07, 6.45) is 2.37.